The van der Waals surface area contributed by atoms with Crippen molar-refractivity contribution in [2.24, 2.45) is 0 Å². The van der Waals surface area contributed by atoms with E-state index < -0.39 is 0 Å². The Bertz CT molecular complexity index is 1140. The second-order valence-electron chi connectivity index (χ2n) is 7.51. The van der Waals surface area contributed by atoms with Crippen LogP contribution in [0.3, 0.4) is 0 Å². The van der Waals surface area contributed by atoms with Gasteiger partial charge in [0.25, 0.3) is 17.7 Å². The van der Waals surface area contributed by atoms with E-state index in [2.05, 4.69) is 9.88 Å². The van der Waals surface area contributed by atoms with Gasteiger partial charge in [0.05, 0.1) is 29.6 Å². The number of pyridine rings is 1. The molecule has 0 radical (unpaired) electrons. The van der Waals surface area contributed by atoms with E-state index in [1.807, 2.05) is 6.07 Å². The summed E-state index contributed by atoms with van der Waals surface area (Å²) in [6.07, 6.45) is 4.77. The van der Waals surface area contributed by atoms with Gasteiger partial charge in [-0.2, -0.15) is 0 Å². The van der Waals surface area contributed by atoms with Crippen LogP contribution in [0.25, 0.3) is 0 Å². The summed E-state index contributed by atoms with van der Waals surface area (Å²) in [6.45, 7) is 2.35. The van der Waals surface area contributed by atoms with Gasteiger partial charge in [-0.05, 0) is 42.0 Å². The van der Waals surface area contributed by atoms with Crippen LogP contribution in [0.4, 0.5) is 5.69 Å². The van der Waals surface area contributed by atoms with Gasteiger partial charge in [0.1, 0.15) is 0 Å². The molecule has 2 aromatic heterocycles. The molecule has 1 saturated heterocycles. The Morgan fingerprint density at radius 3 is 2.42 bits per heavy atom. The van der Waals surface area contributed by atoms with E-state index >= 15 is 0 Å². The van der Waals surface area contributed by atoms with Gasteiger partial charge in [0.2, 0.25) is 0 Å². The van der Waals surface area contributed by atoms with Crippen LogP contribution in [0, 0.1) is 0 Å². The van der Waals surface area contributed by atoms with E-state index in [-0.39, 0.29) is 24.3 Å². The van der Waals surface area contributed by atoms with Crippen LogP contribution in [-0.2, 0) is 6.54 Å². The highest BCUT2D eigenvalue weighted by Gasteiger charge is 2.39. The largest absolute Gasteiger partial charge is 0.459 e. The Morgan fingerprint density at radius 1 is 0.935 bits per heavy atom. The molecule has 2 aliphatic heterocycles. The first-order chi connectivity index (χ1) is 15.1. The number of aromatic nitrogens is 1. The van der Waals surface area contributed by atoms with E-state index in [4.69, 9.17) is 4.42 Å². The second-order valence-corrected chi connectivity index (χ2v) is 7.51. The van der Waals surface area contributed by atoms with Crippen LogP contribution in [0.15, 0.2) is 65.5 Å². The van der Waals surface area contributed by atoms with Crippen LogP contribution >= 0.6 is 0 Å². The predicted octanol–water partition coefficient (Wildman–Crippen LogP) is 2.43. The number of benzene rings is 1. The van der Waals surface area contributed by atoms with Crippen molar-refractivity contribution in [3.63, 3.8) is 0 Å². The Morgan fingerprint density at radius 2 is 1.71 bits per heavy atom. The van der Waals surface area contributed by atoms with Crippen LogP contribution in [0.5, 0.6) is 0 Å². The van der Waals surface area contributed by atoms with E-state index in [0.717, 1.165) is 11.3 Å². The van der Waals surface area contributed by atoms with Crippen molar-refractivity contribution in [1.82, 2.24) is 14.8 Å². The number of anilines is 1. The monoisotopic (exact) mass is 416 g/mol. The van der Waals surface area contributed by atoms with Crippen molar-refractivity contribution in [1.29, 1.82) is 0 Å². The molecule has 1 aromatic carbocycles. The average molecular weight is 416 g/mol. The first kappa shape index (κ1) is 19.0. The molecule has 0 unspecified atom stereocenters. The molecule has 0 atom stereocenters. The van der Waals surface area contributed by atoms with Gasteiger partial charge in [0.15, 0.2) is 5.76 Å². The maximum absolute atomic E-state index is 13.2. The maximum atomic E-state index is 13.2. The van der Waals surface area contributed by atoms with Gasteiger partial charge in [-0.3, -0.25) is 24.3 Å². The Labute approximate surface area is 178 Å². The van der Waals surface area contributed by atoms with Gasteiger partial charge >= 0.3 is 0 Å². The van der Waals surface area contributed by atoms with Gasteiger partial charge in [-0.25, -0.2) is 0 Å². The SMILES string of the molecule is O=C(c1ccco1)N1CCN(c2cccc3c2C(=O)N(Cc2ccncc2)C3=O)CC1. The molecule has 0 bridgehead atoms. The lowest BCUT2D eigenvalue weighted by Crippen LogP contribution is -2.49. The van der Waals surface area contributed by atoms with Crippen molar-refractivity contribution >= 4 is 23.4 Å². The lowest BCUT2D eigenvalue weighted by Gasteiger charge is -2.36. The smallest absolute Gasteiger partial charge is 0.289 e. The number of nitrogens with zero attached hydrogens (tertiary/aromatic N) is 4. The number of piperazine rings is 1. The minimum atomic E-state index is -0.290. The molecule has 0 spiro atoms. The number of carbonyl (C=O) groups excluding carboxylic acids is 3. The van der Waals surface area contributed by atoms with Gasteiger partial charge < -0.3 is 14.2 Å². The molecule has 8 heteroatoms. The third kappa shape index (κ3) is 3.35. The zero-order chi connectivity index (χ0) is 21.4. The molecule has 0 saturated carbocycles. The van der Waals surface area contributed by atoms with Crippen LogP contribution in [0.2, 0.25) is 0 Å². The fraction of sp³-hybridized carbons (Fsp3) is 0.217. The summed E-state index contributed by atoms with van der Waals surface area (Å²) in [5.41, 5.74) is 2.44. The lowest BCUT2D eigenvalue weighted by atomic mass is 10.1. The van der Waals surface area contributed by atoms with Gasteiger partial charge in [0, 0.05) is 38.6 Å². The number of carbonyl (C=O) groups is 3. The minimum Gasteiger partial charge on any atom is -0.459 e. The normalized spacial score (nSPS) is 16.1. The number of amides is 3. The van der Waals surface area contributed by atoms with Crippen molar-refractivity contribution in [3.8, 4) is 0 Å². The molecule has 4 heterocycles. The Kier molecular flexibility index (Phi) is 4.74. The molecule has 0 aliphatic carbocycles. The number of hydrogen-bond donors (Lipinski definition) is 0. The zero-order valence-electron chi connectivity index (χ0n) is 16.7. The van der Waals surface area contributed by atoms with Gasteiger partial charge in [-0.15, -0.1) is 0 Å². The number of furan rings is 1. The third-order valence-electron chi connectivity index (χ3n) is 5.71. The van der Waals surface area contributed by atoms with Crippen molar-refractivity contribution < 1.29 is 18.8 Å². The first-order valence-electron chi connectivity index (χ1n) is 10.1. The standard InChI is InChI=1S/C23H20N4O4/c28-21-17-3-1-4-18(20(17)23(30)27(21)15-16-6-8-24-9-7-16)25-10-12-26(13-11-25)22(29)19-5-2-14-31-19/h1-9,14H,10-13,15H2. The third-order valence-corrected chi connectivity index (χ3v) is 5.71. The number of imide groups is 1. The number of rotatable bonds is 4. The summed E-state index contributed by atoms with van der Waals surface area (Å²) in [5, 5.41) is 0. The first-order valence-corrected chi connectivity index (χ1v) is 10.1. The van der Waals surface area contributed by atoms with Crippen LogP contribution < -0.4 is 4.90 Å². The van der Waals surface area contributed by atoms with E-state index in [9.17, 15) is 14.4 Å². The Balaban J connectivity index is 1.35. The Hall–Kier alpha value is -3.94. The van der Waals surface area contributed by atoms with Crippen molar-refractivity contribution in [2.45, 2.75) is 6.54 Å². The number of hydrogen-bond acceptors (Lipinski definition) is 6. The van der Waals surface area contributed by atoms with E-state index in [1.54, 1.807) is 53.7 Å². The zero-order valence-corrected chi connectivity index (χ0v) is 16.7. The quantitative estimate of drug-likeness (QED) is 0.607. The van der Waals surface area contributed by atoms with Crippen molar-refractivity contribution in [3.05, 3.63) is 83.6 Å². The summed E-state index contributed by atoms with van der Waals surface area (Å²) in [7, 11) is 0. The van der Waals surface area contributed by atoms with Gasteiger partial charge in [-0.1, -0.05) is 6.07 Å². The molecule has 31 heavy (non-hydrogen) atoms. The fourth-order valence-electron chi connectivity index (χ4n) is 4.10. The molecular weight excluding hydrogens is 396 g/mol. The lowest BCUT2D eigenvalue weighted by molar-refractivity contribution is 0.0640. The molecule has 2 aliphatic rings. The summed E-state index contributed by atoms with van der Waals surface area (Å²) >= 11 is 0. The van der Waals surface area contributed by atoms with Crippen LogP contribution in [0.1, 0.15) is 36.8 Å². The van der Waals surface area contributed by atoms with E-state index in [1.165, 1.54) is 11.2 Å². The molecule has 1 fully saturated rings. The predicted molar refractivity (Wildman–Crippen MR) is 112 cm³/mol. The van der Waals surface area contributed by atoms with E-state index in [0.29, 0.717) is 43.1 Å². The summed E-state index contributed by atoms with van der Waals surface area (Å²) in [5.74, 6) is -0.397. The minimum absolute atomic E-state index is 0.141. The molecule has 3 aromatic rings. The maximum Gasteiger partial charge on any atom is 0.289 e. The highest BCUT2D eigenvalue weighted by Crippen LogP contribution is 2.33. The molecule has 5 rings (SSSR count). The molecule has 8 nitrogen and oxygen atoms in total. The second kappa shape index (κ2) is 7.71. The average Bonchev–Trinajstić information content (AvgIpc) is 3.43. The molecular formula is C23H20N4O4. The highest BCUT2D eigenvalue weighted by molar-refractivity contribution is 6.23. The summed E-state index contributed by atoms with van der Waals surface area (Å²) in [6, 6.07) is 12.3. The van der Waals surface area contributed by atoms with Crippen molar-refractivity contribution in [2.75, 3.05) is 31.1 Å². The molecule has 156 valence electrons. The summed E-state index contributed by atoms with van der Waals surface area (Å²) < 4.78 is 5.21. The molecule has 3 amide bonds. The number of fused-ring (bicyclic) bond motifs is 1. The topological polar surface area (TPSA) is 87.0 Å². The van der Waals surface area contributed by atoms with Crippen LogP contribution in [-0.4, -0.2) is 58.7 Å². The summed E-state index contributed by atoms with van der Waals surface area (Å²) in [4.78, 5) is 47.7. The molecule has 0 N–H and O–H groups in total. The fourth-order valence-corrected chi connectivity index (χ4v) is 4.10. The highest BCUT2D eigenvalue weighted by atomic mass is 16.3.